The zero-order valence-electron chi connectivity index (χ0n) is 42.6. The van der Waals surface area contributed by atoms with E-state index in [0.717, 1.165) is 23.4 Å². The summed E-state index contributed by atoms with van der Waals surface area (Å²) in [6.07, 6.45) is -1.03. The van der Waals surface area contributed by atoms with E-state index in [1.54, 1.807) is 30.3 Å². The Balaban J connectivity index is 0.955. The number of ether oxygens (including phenoxy) is 3. The van der Waals surface area contributed by atoms with E-state index in [4.69, 9.17) is 19.9 Å². The first-order valence-electron chi connectivity index (χ1n) is 25.4. The van der Waals surface area contributed by atoms with E-state index in [2.05, 4.69) is 25.9 Å². The highest BCUT2D eigenvalue weighted by Crippen LogP contribution is 2.33. The summed E-state index contributed by atoms with van der Waals surface area (Å²) >= 11 is 0. The average molecular weight is 1070 g/mol. The van der Waals surface area contributed by atoms with Gasteiger partial charge in [0.05, 0.1) is 29.8 Å². The largest absolute Gasteiger partial charge is 0.479 e. The Labute approximate surface area is 442 Å². The second kappa shape index (κ2) is 26.1. The van der Waals surface area contributed by atoms with Crippen LogP contribution in [-0.4, -0.2) is 157 Å². The summed E-state index contributed by atoms with van der Waals surface area (Å²) in [6, 6.07) is 10.9. The van der Waals surface area contributed by atoms with E-state index in [9.17, 15) is 58.8 Å². The van der Waals surface area contributed by atoms with Gasteiger partial charge in [-0.25, -0.2) is 14.6 Å². The van der Waals surface area contributed by atoms with Gasteiger partial charge in [0.15, 0.2) is 6.10 Å². The molecule has 1 aromatic heterocycles. The highest BCUT2D eigenvalue weighted by molar-refractivity contribution is 6.13. The molecule has 0 unspecified atom stereocenters. The minimum atomic E-state index is -1.99. The third-order valence-electron chi connectivity index (χ3n) is 13.0. The van der Waals surface area contributed by atoms with E-state index >= 15 is 0 Å². The molecule has 0 bridgehead atoms. The van der Waals surface area contributed by atoms with Gasteiger partial charge in [0.1, 0.15) is 36.5 Å². The number of pyridine rings is 1. The summed E-state index contributed by atoms with van der Waals surface area (Å²) in [4.78, 5) is 115. The number of hydrogen-bond donors (Lipinski definition) is 8. The van der Waals surface area contributed by atoms with Gasteiger partial charge >= 0.3 is 12.1 Å². The maximum Gasteiger partial charge on any atom is 0.410 e. The monoisotopic (exact) mass is 1070 g/mol. The number of rotatable bonds is 22. The van der Waals surface area contributed by atoms with Crippen LogP contribution in [0, 0.1) is 0 Å². The molecule has 2 aromatic carbocycles. The van der Waals surface area contributed by atoms with Gasteiger partial charge in [-0.2, -0.15) is 0 Å². The van der Waals surface area contributed by atoms with Gasteiger partial charge in [-0.15, -0.1) is 0 Å². The van der Waals surface area contributed by atoms with Crippen LogP contribution in [0.4, 0.5) is 21.9 Å². The topological polar surface area (TPSA) is 342 Å². The van der Waals surface area contributed by atoms with E-state index in [0.29, 0.717) is 72.4 Å². The number of carboxylic acid groups (broad SMARTS) is 1. The fraction of sp³-hybridized carbons (Fsp3) is 0.434. The van der Waals surface area contributed by atoms with Crippen molar-refractivity contribution in [3.8, 4) is 5.75 Å². The number of aliphatic hydroxyl groups is 3. The third-order valence-corrected chi connectivity index (χ3v) is 13.0. The number of anilines is 2. The number of fused-ring (bicyclic) bond motifs is 2. The van der Waals surface area contributed by atoms with Crippen molar-refractivity contribution in [1.82, 2.24) is 25.0 Å². The van der Waals surface area contributed by atoms with Gasteiger partial charge in [-0.1, -0.05) is 32.4 Å². The lowest BCUT2D eigenvalue weighted by molar-refractivity contribution is -0.271. The maximum absolute atomic E-state index is 13.6. The molecule has 24 nitrogen and oxygen atoms in total. The van der Waals surface area contributed by atoms with Crippen molar-refractivity contribution in [1.29, 1.82) is 0 Å². The summed E-state index contributed by atoms with van der Waals surface area (Å²) in [7, 11) is 0. The number of amidine groups is 1. The minimum Gasteiger partial charge on any atom is -0.479 e. The minimum absolute atomic E-state index is 0.0437. The lowest BCUT2D eigenvalue weighted by Gasteiger charge is -2.38. The molecule has 4 aliphatic rings. The van der Waals surface area contributed by atoms with Crippen molar-refractivity contribution in [2.45, 2.75) is 115 Å². The smallest absolute Gasteiger partial charge is 0.410 e. The predicted octanol–water partition coefficient (Wildman–Crippen LogP) is 2.65. The first-order chi connectivity index (χ1) is 36.9. The van der Waals surface area contributed by atoms with Crippen LogP contribution in [0.2, 0.25) is 0 Å². The lowest BCUT2D eigenvalue weighted by atomic mass is 9.99. The van der Waals surface area contributed by atoms with Crippen molar-refractivity contribution >= 4 is 76.5 Å². The maximum atomic E-state index is 13.6. The Morgan fingerprint density at radius 1 is 0.883 bits per heavy atom. The summed E-state index contributed by atoms with van der Waals surface area (Å²) in [6.45, 7) is 5.47. The number of hydrogen-bond acceptors (Lipinski definition) is 17. The molecule has 4 aliphatic heterocycles. The number of carbonyl (C=O) groups is 8. The molecule has 5 heterocycles. The predicted molar refractivity (Wildman–Crippen MR) is 276 cm³/mol. The van der Waals surface area contributed by atoms with Crippen LogP contribution < -0.4 is 26.4 Å². The quantitative estimate of drug-likeness (QED) is 0.0530. The van der Waals surface area contributed by atoms with E-state index in [-0.39, 0.29) is 98.5 Å². The molecular formula is C53H63N9O15. The number of carbonyl (C=O) groups excluding carboxylic acids is 7. The first-order valence-corrected chi connectivity index (χ1v) is 25.4. The Kier molecular flexibility index (Phi) is 19.2. The second-order valence-corrected chi connectivity index (χ2v) is 18.8. The molecule has 0 radical (unpaired) electrons. The lowest BCUT2D eigenvalue weighted by Crippen LogP contribution is -2.61. The zero-order chi connectivity index (χ0) is 55.3. The number of nitrogens with one attached hydrogen (secondary N) is 3. The van der Waals surface area contributed by atoms with Crippen molar-refractivity contribution in [2.75, 3.05) is 43.4 Å². The van der Waals surface area contributed by atoms with Gasteiger partial charge in [0.25, 0.3) is 17.7 Å². The molecule has 0 aliphatic carbocycles. The molecule has 7 rings (SSSR count). The summed E-state index contributed by atoms with van der Waals surface area (Å²) < 4.78 is 16.7. The van der Waals surface area contributed by atoms with E-state index in [1.807, 2.05) is 18.7 Å². The Bertz CT molecular complexity index is 2830. The highest BCUT2D eigenvalue weighted by atomic mass is 16.7. The van der Waals surface area contributed by atoms with Crippen LogP contribution >= 0.6 is 0 Å². The molecule has 5 atom stereocenters. The van der Waals surface area contributed by atoms with E-state index < -0.39 is 54.6 Å². The number of nitrogens with two attached hydrogens (primary N) is 1. The number of amides is 7. The second-order valence-electron chi connectivity index (χ2n) is 18.8. The molecule has 7 amide bonds. The number of carboxylic acids is 1. The number of imide groups is 1. The molecule has 0 spiro atoms. The normalized spacial score (nSPS) is 19.7. The molecular weight excluding hydrogens is 1000 g/mol. The Hall–Kier alpha value is -8.06. The van der Waals surface area contributed by atoms with Gasteiger partial charge in [-0.3, -0.25) is 38.7 Å². The number of aliphatic carboxylic acids is 1. The SMILES string of the molecule is CCCN(CCC)C(=O)C1=Cc2ccc(C(=O)Nc3cnc4c(c3)CN(C(=O)OCc3ccc(O[C@@H]5O[C@H](C(=O)O)[C@@H](O)[C@H](O)[C@H]5O)c(NC(=O)CCNC(=O)CCCCCN5C(=O)C=CC5=O)c3)CC4)cc2N=C(N)C1. The molecule has 77 heavy (non-hydrogen) atoms. The fourth-order valence-corrected chi connectivity index (χ4v) is 8.96. The molecule has 3 aromatic rings. The van der Waals surface area contributed by atoms with Crippen molar-refractivity contribution in [3.63, 3.8) is 0 Å². The third kappa shape index (κ3) is 14.7. The van der Waals surface area contributed by atoms with Crippen LogP contribution in [-0.2, 0) is 57.8 Å². The standard InChI is InChI=1S/C53H63N9O15/c1-3-18-60(19-4-2)50(71)33-23-31-10-11-32(25-37(31)58-40(54)26-33)49(70)57-35-24-34-28-61(21-16-36(34)56-27-35)53(74)75-29-30-9-12-39(76-52-47(69)45(67)46(68)48(77-52)51(72)73)38(22-30)59-42(64)15-17-55-41(63)8-6-5-7-20-62-43(65)13-14-44(62)66/h9-14,22-25,27,45-48,52,67-69H,3-8,15-21,26,28-29H2,1-2H3,(H2,54,58)(H,55,63)(H,57,70)(H,59,64)(H,72,73)/t45-,46-,47+,48-,52+/m0/s1. The average Bonchev–Trinajstić information content (AvgIpc) is 3.62. The van der Waals surface area contributed by atoms with Gasteiger partial charge in [0, 0.05) is 93.0 Å². The van der Waals surface area contributed by atoms with Gasteiger partial charge < -0.3 is 66.1 Å². The van der Waals surface area contributed by atoms with E-state index in [1.165, 1.54) is 41.4 Å². The first kappa shape index (κ1) is 56.7. The van der Waals surface area contributed by atoms with Crippen molar-refractivity contribution < 1.29 is 73.0 Å². The van der Waals surface area contributed by atoms with Crippen molar-refractivity contribution in [3.05, 3.63) is 94.3 Å². The summed E-state index contributed by atoms with van der Waals surface area (Å²) in [5.41, 5.74) is 10.2. The van der Waals surface area contributed by atoms with Crippen molar-refractivity contribution in [2.24, 2.45) is 10.7 Å². The summed E-state index contributed by atoms with van der Waals surface area (Å²) in [5.74, 6) is -3.81. The van der Waals surface area contributed by atoms with Crippen LogP contribution in [0.25, 0.3) is 6.08 Å². The van der Waals surface area contributed by atoms with Crippen LogP contribution in [0.15, 0.2) is 71.4 Å². The van der Waals surface area contributed by atoms with Gasteiger partial charge in [-0.05, 0) is 73.2 Å². The number of unbranched alkanes of at least 4 members (excludes halogenated alkanes) is 2. The molecule has 1 fully saturated rings. The number of aliphatic imine (C=N–C) groups is 1. The highest BCUT2D eigenvalue weighted by Gasteiger charge is 2.48. The van der Waals surface area contributed by atoms with Crippen LogP contribution in [0.5, 0.6) is 5.75 Å². The molecule has 0 saturated carbocycles. The molecule has 410 valence electrons. The Morgan fingerprint density at radius 2 is 1.64 bits per heavy atom. The number of benzene rings is 2. The molecule has 9 N–H and O–H groups in total. The number of nitrogens with zero attached hydrogens (tertiary/aromatic N) is 5. The van der Waals surface area contributed by atoms with Crippen LogP contribution in [0.3, 0.4) is 0 Å². The molecule has 24 heteroatoms. The Morgan fingerprint density at radius 3 is 2.36 bits per heavy atom. The summed E-state index contributed by atoms with van der Waals surface area (Å²) in [5, 5.41) is 48.9. The van der Waals surface area contributed by atoms with Crippen LogP contribution in [0.1, 0.15) is 98.0 Å². The molecule has 1 saturated heterocycles. The van der Waals surface area contributed by atoms with Gasteiger partial charge in [0.2, 0.25) is 24.0 Å². The number of aromatic nitrogens is 1. The number of aliphatic hydroxyl groups excluding tert-OH is 3. The fourth-order valence-electron chi connectivity index (χ4n) is 8.96. The zero-order valence-corrected chi connectivity index (χ0v) is 42.6.